The Hall–Kier alpha value is -2.46. The lowest BCUT2D eigenvalue weighted by Crippen LogP contribution is -2.52. The number of nitrogens with one attached hydrogen (secondary N) is 1. The average Bonchev–Trinajstić information content (AvgIpc) is 3.42. The second-order valence-corrected chi connectivity index (χ2v) is 11.6. The summed E-state index contributed by atoms with van der Waals surface area (Å²) in [6.07, 6.45) is 2.20. The molecule has 2 fully saturated rings. The van der Waals surface area contributed by atoms with Crippen molar-refractivity contribution < 1.29 is 30.8 Å². The number of carbonyl (C=O) groups excluding carboxylic acids is 1. The van der Waals surface area contributed by atoms with E-state index in [0.717, 1.165) is 32.2 Å². The minimum absolute atomic E-state index is 0.00516. The Morgan fingerprint density at radius 2 is 1.76 bits per heavy atom. The summed E-state index contributed by atoms with van der Waals surface area (Å²) < 4.78 is 84.4. The molecule has 0 bridgehead atoms. The van der Waals surface area contributed by atoms with E-state index in [2.05, 4.69) is 4.72 Å². The van der Waals surface area contributed by atoms with Gasteiger partial charge in [-0.3, -0.25) is 4.79 Å². The lowest BCUT2D eigenvalue weighted by molar-refractivity contribution is -0.143. The highest BCUT2D eigenvalue weighted by molar-refractivity contribution is 7.88. The molecule has 5 nitrogen and oxygen atoms in total. The number of nitrogens with zero attached hydrogens (tertiary/aromatic N) is 1. The molecule has 1 saturated carbocycles. The normalized spacial score (nSPS) is 21.8. The molecule has 1 aliphatic heterocycles. The molecule has 2 aliphatic rings. The third-order valence-electron chi connectivity index (χ3n) is 6.61. The maximum atomic E-state index is 15.5. The van der Waals surface area contributed by atoms with Gasteiger partial charge in [0.1, 0.15) is 17.5 Å². The number of sulfonamides is 1. The molecule has 1 N–H and O–H groups in total. The Bertz CT molecular complexity index is 1220. The van der Waals surface area contributed by atoms with Crippen molar-refractivity contribution in [1.82, 2.24) is 9.62 Å². The monoisotopic (exact) mass is 498 g/mol. The van der Waals surface area contributed by atoms with Gasteiger partial charge in [-0.25, -0.2) is 30.7 Å². The van der Waals surface area contributed by atoms with Gasteiger partial charge in [0.25, 0.3) is 5.91 Å². The Morgan fingerprint density at radius 1 is 1.15 bits per heavy atom. The zero-order chi connectivity index (χ0) is 25.1. The minimum atomic E-state index is -3.68. The van der Waals surface area contributed by atoms with Crippen LogP contribution in [0.1, 0.15) is 32.3 Å². The van der Waals surface area contributed by atoms with Gasteiger partial charge in [0.05, 0.1) is 12.3 Å². The summed E-state index contributed by atoms with van der Waals surface area (Å²) in [5.74, 6) is -3.25. The zero-order valence-electron chi connectivity index (χ0n) is 19.0. The second kappa shape index (κ2) is 8.34. The van der Waals surface area contributed by atoms with Crippen molar-refractivity contribution >= 4 is 15.9 Å². The molecule has 2 aromatic carbocycles. The first-order valence-electron chi connectivity index (χ1n) is 10.9. The summed E-state index contributed by atoms with van der Waals surface area (Å²) in [6.45, 7) is 2.42. The fourth-order valence-electron chi connectivity index (χ4n) is 4.89. The third kappa shape index (κ3) is 4.84. The van der Waals surface area contributed by atoms with Crippen molar-refractivity contribution in [3.8, 4) is 11.1 Å². The number of alkyl halides is 1. The largest absolute Gasteiger partial charge is 0.334 e. The van der Waals surface area contributed by atoms with Crippen LogP contribution in [0.5, 0.6) is 0 Å². The molecular weight excluding hydrogens is 472 g/mol. The van der Waals surface area contributed by atoms with Crippen LogP contribution in [0.25, 0.3) is 11.1 Å². The van der Waals surface area contributed by atoms with Crippen LogP contribution in [0.3, 0.4) is 0 Å². The van der Waals surface area contributed by atoms with Gasteiger partial charge in [0.15, 0.2) is 5.67 Å². The molecule has 2 aromatic rings. The predicted octanol–water partition coefficient (Wildman–Crippen LogP) is 3.97. The first-order valence-corrected chi connectivity index (χ1v) is 12.8. The van der Waals surface area contributed by atoms with Gasteiger partial charge in [-0.05, 0) is 56.4 Å². The maximum Gasteiger partial charge on any atom is 0.259 e. The van der Waals surface area contributed by atoms with E-state index < -0.39 is 56.5 Å². The number of hydrogen-bond donors (Lipinski definition) is 1. The maximum absolute atomic E-state index is 15.5. The molecule has 34 heavy (non-hydrogen) atoms. The Kier molecular flexibility index (Phi) is 6.05. The molecule has 10 heteroatoms. The van der Waals surface area contributed by atoms with Crippen LogP contribution in [-0.4, -0.2) is 49.8 Å². The van der Waals surface area contributed by atoms with Gasteiger partial charge in [0, 0.05) is 29.6 Å². The summed E-state index contributed by atoms with van der Waals surface area (Å²) in [4.78, 5) is 14.2. The van der Waals surface area contributed by atoms with Crippen molar-refractivity contribution in [3.63, 3.8) is 0 Å². The smallest absolute Gasteiger partial charge is 0.259 e. The van der Waals surface area contributed by atoms with E-state index in [1.165, 1.54) is 23.1 Å². The van der Waals surface area contributed by atoms with E-state index in [9.17, 15) is 26.4 Å². The summed E-state index contributed by atoms with van der Waals surface area (Å²) in [5, 5.41) is 0. The number of amides is 1. The Morgan fingerprint density at radius 3 is 2.29 bits per heavy atom. The number of carbonyl (C=O) groups is 1. The molecule has 184 valence electrons. The van der Waals surface area contributed by atoms with Crippen LogP contribution >= 0.6 is 0 Å². The van der Waals surface area contributed by atoms with Crippen molar-refractivity contribution in [3.05, 3.63) is 59.4 Å². The number of hydrogen-bond acceptors (Lipinski definition) is 3. The summed E-state index contributed by atoms with van der Waals surface area (Å²) >= 11 is 0. The molecule has 1 saturated heterocycles. The molecule has 2 unspecified atom stereocenters. The zero-order valence-corrected chi connectivity index (χ0v) is 19.9. The molecule has 2 atom stereocenters. The quantitative estimate of drug-likeness (QED) is 0.613. The molecule has 1 aliphatic carbocycles. The van der Waals surface area contributed by atoms with E-state index in [1.54, 1.807) is 0 Å². The van der Waals surface area contributed by atoms with Crippen LogP contribution in [0.2, 0.25) is 0 Å². The lowest BCUT2D eigenvalue weighted by Gasteiger charge is -2.32. The third-order valence-corrected chi connectivity index (χ3v) is 7.30. The van der Waals surface area contributed by atoms with Gasteiger partial charge >= 0.3 is 0 Å². The molecule has 1 spiro atoms. The standard InChI is InChI=1S/C24H26F4N2O3S/c1-23(2,28)22(31)30-13-24(7-8-24)21(29-34(3,32)33)19(30)11-14-5-4-6-18(20(14)27)15-9-16(25)12-17(26)10-15/h4-6,9-10,12,19,21,29H,7-8,11,13H2,1-3H3. The predicted molar refractivity (Wildman–Crippen MR) is 120 cm³/mol. The van der Waals surface area contributed by atoms with Gasteiger partial charge < -0.3 is 4.90 Å². The minimum Gasteiger partial charge on any atom is -0.334 e. The molecule has 1 amide bonds. The van der Waals surface area contributed by atoms with E-state index in [0.29, 0.717) is 18.9 Å². The molecule has 0 aromatic heterocycles. The molecule has 1 heterocycles. The fourth-order valence-corrected chi connectivity index (χ4v) is 5.76. The number of halogens is 4. The number of likely N-dealkylation sites (tertiary alicyclic amines) is 1. The van der Waals surface area contributed by atoms with Gasteiger partial charge in [0.2, 0.25) is 10.0 Å². The Balaban J connectivity index is 1.75. The number of rotatable bonds is 6. The van der Waals surface area contributed by atoms with Crippen LogP contribution in [-0.2, 0) is 21.2 Å². The molecule has 0 radical (unpaired) electrons. The highest BCUT2D eigenvalue weighted by Crippen LogP contribution is 2.56. The van der Waals surface area contributed by atoms with Crippen molar-refractivity contribution in [2.24, 2.45) is 5.41 Å². The number of benzene rings is 2. The van der Waals surface area contributed by atoms with Crippen LogP contribution in [0.4, 0.5) is 17.6 Å². The van der Waals surface area contributed by atoms with E-state index in [1.807, 2.05) is 0 Å². The topological polar surface area (TPSA) is 66.5 Å². The summed E-state index contributed by atoms with van der Waals surface area (Å²) in [7, 11) is -3.68. The average molecular weight is 499 g/mol. The van der Waals surface area contributed by atoms with E-state index in [-0.39, 0.29) is 29.7 Å². The highest BCUT2D eigenvalue weighted by Gasteiger charge is 2.62. The van der Waals surface area contributed by atoms with Crippen LogP contribution < -0.4 is 4.72 Å². The van der Waals surface area contributed by atoms with E-state index in [4.69, 9.17) is 0 Å². The Labute approximate surface area is 196 Å². The first kappa shape index (κ1) is 24.7. The van der Waals surface area contributed by atoms with Crippen molar-refractivity contribution in [2.75, 3.05) is 12.8 Å². The van der Waals surface area contributed by atoms with Gasteiger partial charge in [-0.15, -0.1) is 0 Å². The lowest BCUT2D eigenvalue weighted by atomic mass is 9.91. The van der Waals surface area contributed by atoms with Crippen LogP contribution in [0, 0.1) is 22.9 Å². The fraction of sp³-hybridized carbons (Fsp3) is 0.458. The molecule has 4 rings (SSSR count). The summed E-state index contributed by atoms with van der Waals surface area (Å²) in [5.41, 5.74) is -2.64. The highest BCUT2D eigenvalue weighted by atomic mass is 32.2. The first-order chi connectivity index (χ1) is 15.7. The van der Waals surface area contributed by atoms with Crippen molar-refractivity contribution in [1.29, 1.82) is 0 Å². The summed E-state index contributed by atoms with van der Waals surface area (Å²) in [6, 6.07) is 5.50. The van der Waals surface area contributed by atoms with Crippen LogP contribution in [0.15, 0.2) is 36.4 Å². The molecular formula is C24H26F4N2O3S. The van der Waals surface area contributed by atoms with Crippen molar-refractivity contribution in [2.45, 2.75) is 50.9 Å². The van der Waals surface area contributed by atoms with Gasteiger partial charge in [-0.1, -0.05) is 18.2 Å². The SMILES string of the molecule is CC(C)(F)C(=O)N1CC2(CC2)C(NS(C)(=O)=O)C1Cc1cccc(-c2cc(F)cc(F)c2)c1F. The van der Waals surface area contributed by atoms with E-state index >= 15 is 4.39 Å². The van der Waals surface area contributed by atoms with Gasteiger partial charge in [-0.2, -0.15) is 0 Å². The second-order valence-electron chi connectivity index (χ2n) is 9.84.